The van der Waals surface area contributed by atoms with Gasteiger partial charge in [0.2, 0.25) is 0 Å². The Balaban J connectivity index is 2.08. The van der Waals surface area contributed by atoms with E-state index in [9.17, 15) is 4.79 Å². The fourth-order valence-corrected chi connectivity index (χ4v) is 4.35. The first kappa shape index (κ1) is 17.7. The van der Waals surface area contributed by atoms with E-state index in [4.69, 9.17) is 10.6 Å². The van der Waals surface area contributed by atoms with Crippen molar-refractivity contribution in [2.45, 2.75) is 19.9 Å². The van der Waals surface area contributed by atoms with Crippen LogP contribution in [0.3, 0.4) is 0 Å². The van der Waals surface area contributed by atoms with E-state index in [1.54, 1.807) is 7.11 Å². The molecule has 0 saturated heterocycles. The highest BCUT2D eigenvalue weighted by Gasteiger charge is 2.18. The highest BCUT2D eigenvalue weighted by molar-refractivity contribution is 7.17. The molecule has 0 aliphatic carbocycles. The van der Waals surface area contributed by atoms with Crippen LogP contribution in [0.25, 0.3) is 32.1 Å². The molecular formula is C21H21N3O2S. The number of fused-ring (bicyclic) bond motifs is 3. The van der Waals surface area contributed by atoms with Gasteiger partial charge < -0.3 is 9.72 Å². The number of methoxy groups -OCH3 is 1. The Morgan fingerprint density at radius 2 is 1.96 bits per heavy atom. The molecule has 2 heterocycles. The molecule has 4 rings (SSSR count). The molecular weight excluding hydrogens is 358 g/mol. The topological polar surface area (TPSA) is 80.1 Å². The van der Waals surface area contributed by atoms with Gasteiger partial charge in [-0.2, -0.15) is 0 Å². The number of hydrogen-bond acceptors (Lipinski definition) is 5. The molecule has 0 unspecified atom stereocenters. The fourth-order valence-electron chi connectivity index (χ4n) is 3.55. The van der Waals surface area contributed by atoms with Crippen molar-refractivity contribution in [3.63, 3.8) is 0 Å². The highest BCUT2D eigenvalue weighted by Crippen LogP contribution is 2.41. The molecule has 138 valence electrons. The summed E-state index contributed by atoms with van der Waals surface area (Å²) >= 11 is 1.45. The molecule has 2 aromatic heterocycles. The molecule has 0 spiro atoms. The standard InChI is InChI=1S/C21H21N3O2S/c1-11-10-16(26-3)17(14-6-4-13(5-7-14)12(2)24-22)18-15-8-9-27-20(15)21(25)23-19(11)18/h4-10,12,24H,22H2,1-3H3,(H,23,25)/t12-/m1/s1. The minimum Gasteiger partial charge on any atom is -0.496 e. The zero-order valence-electron chi connectivity index (χ0n) is 15.4. The number of nitrogens with one attached hydrogen (secondary N) is 2. The van der Waals surface area contributed by atoms with Crippen molar-refractivity contribution < 1.29 is 4.74 Å². The number of ether oxygens (including phenoxy) is 1. The summed E-state index contributed by atoms with van der Waals surface area (Å²) in [6, 6.07) is 12.3. The zero-order valence-corrected chi connectivity index (χ0v) is 16.2. The molecule has 2 aromatic carbocycles. The predicted octanol–water partition coefficient (Wildman–Crippen LogP) is 4.25. The summed E-state index contributed by atoms with van der Waals surface area (Å²) in [5, 5.41) is 3.92. The number of rotatable bonds is 4. The quantitative estimate of drug-likeness (QED) is 0.366. The number of aromatic nitrogens is 1. The van der Waals surface area contributed by atoms with E-state index in [0.29, 0.717) is 0 Å². The van der Waals surface area contributed by atoms with Crippen LogP contribution < -0.4 is 21.6 Å². The molecule has 0 aliphatic heterocycles. The van der Waals surface area contributed by atoms with E-state index in [0.717, 1.165) is 49.0 Å². The van der Waals surface area contributed by atoms with E-state index in [1.807, 2.05) is 31.4 Å². The van der Waals surface area contributed by atoms with Crippen molar-refractivity contribution >= 4 is 32.3 Å². The van der Waals surface area contributed by atoms with Gasteiger partial charge in [-0.15, -0.1) is 11.3 Å². The van der Waals surface area contributed by atoms with E-state index < -0.39 is 0 Å². The van der Waals surface area contributed by atoms with Crippen molar-refractivity contribution in [1.29, 1.82) is 0 Å². The summed E-state index contributed by atoms with van der Waals surface area (Å²) in [4.78, 5) is 15.5. The Hall–Kier alpha value is -2.67. The summed E-state index contributed by atoms with van der Waals surface area (Å²) in [7, 11) is 1.68. The Bertz CT molecular complexity index is 1190. The van der Waals surface area contributed by atoms with Gasteiger partial charge >= 0.3 is 0 Å². The Morgan fingerprint density at radius 1 is 1.22 bits per heavy atom. The second-order valence-electron chi connectivity index (χ2n) is 6.65. The lowest BCUT2D eigenvalue weighted by molar-refractivity contribution is 0.416. The van der Waals surface area contributed by atoms with E-state index in [2.05, 4.69) is 34.7 Å². The largest absolute Gasteiger partial charge is 0.496 e. The van der Waals surface area contributed by atoms with Crippen LogP contribution in [-0.2, 0) is 0 Å². The second kappa shape index (κ2) is 6.81. The number of hydrazine groups is 1. The SMILES string of the molecule is COc1cc(C)c2[nH]c(=O)c3sccc3c2c1-c1ccc([C@@H](C)NN)cc1. The van der Waals surface area contributed by atoms with Crippen LogP contribution in [0.15, 0.2) is 46.6 Å². The van der Waals surface area contributed by atoms with Crippen LogP contribution in [0.1, 0.15) is 24.1 Å². The number of aromatic amines is 1. The number of pyridine rings is 1. The molecule has 4 N–H and O–H groups in total. The minimum atomic E-state index is -0.0510. The summed E-state index contributed by atoms with van der Waals surface area (Å²) in [5.41, 5.74) is 7.66. The first-order valence-corrected chi connectivity index (χ1v) is 9.60. The third-order valence-electron chi connectivity index (χ3n) is 5.04. The molecule has 6 heteroatoms. The maximum absolute atomic E-state index is 12.5. The van der Waals surface area contributed by atoms with E-state index >= 15 is 0 Å². The first-order chi connectivity index (χ1) is 13.0. The third kappa shape index (κ3) is 2.82. The lowest BCUT2D eigenvalue weighted by atomic mass is 9.94. The summed E-state index contributed by atoms with van der Waals surface area (Å²) in [5.74, 6) is 6.34. The molecule has 0 amide bonds. The van der Waals surface area contributed by atoms with Gasteiger partial charge in [-0.1, -0.05) is 24.3 Å². The number of nitrogens with two attached hydrogens (primary N) is 1. The van der Waals surface area contributed by atoms with Crippen LogP contribution in [0.2, 0.25) is 0 Å². The predicted molar refractivity (Wildman–Crippen MR) is 112 cm³/mol. The van der Waals surface area contributed by atoms with Crippen molar-refractivity contribution in [2.24, 2.45) is 5.84 Å². The number of hydrogen-bond donors (Lipinski definition) is 3. The number of H-pyrrole nitrogens is 1. The number of aryl methyl sites for hydroxylation is 1. The average molecular weight is 379 g/mol. The van der Waals surface area contributed by atoms with E-state index in [1.165, 1.54) is 11.3 Å². The molecule has 0 saturated carbocycles. The highest BCUT2D eigenvalue weighted by atomic mass is 32.1. The van der Waals surface area contributed by atoms with Crippen LogP contribution >= 0.6 is 11.3 Å². The van der Waals surface area contributed by atoms with Gasteiger partial charge in [0.1, 0.15) is 10.4 Å². The van der Waals surface area contributed by atoms with Crippen LogP contribution in [-0.4, -0.2) is 12.1 Å². The zero-order chi connectivity index (χ0) is 19.1. The smallest absolute Gasteiger partial charge is 0.266 e. The molecule has 0 fully saturated rings. The lowest BCUT2D eigenvalue weighted by Gasteiger charge is -2.16. The normalized spacial score (nSPS) is 12.6. The second-order valence-corrected chi connectivity index (χ2v) is 7.56. The van der Waals surface area contributed by atoms with Crippen molar-refractivity contribution in [1.82, 2.24) is 10.4 Å². The minimum absolute atomic E-state index is 0.0510. The maximum atomic E-state index is 12.5. The Labute approximate surface area is 160 Å². The van der Waals surface area contributed by atoms with Gasteiger partial charge in [-0.3, -0.25) is 16.1 Å². The molecule has 5 nitrogen and oxygen atoms in total. The third-order valence-corrected chi connectivity index (χ3v) is 5.95. The molecule has 27 heavy (non-hydrogen) atoms. The van der Waals surface area contributed by atoms with Crippen molar-refractivity contribution in [2.75, 3.05) is 7.11 Å². The molecule has 0 radical (unpaired) electrons. The van der Waals surface area contributed by atoms with Crippen LogP contribution in [0.4, 0.5) is 0 Å². The van der Waals surface area contributed by atoms with Gasteiger partial charge in [0.15, 0.2) is 0 Å². The van der Waals surface area contributed by atoms with Crippen molar-refractivity contribution in [3.8, 4) is 16.9 Å². The average Bonchev–Trinajstić information content (AvgIpc) is 3.18. The van der Waals surface area contributed by atoms with Gasteiger partial charge in [-0.25, -0.2) is 0 Å². The van der Waals surface area contributed by atoms with Gasteiger partial charge in [-0.05, 0) is 48.1 Å². The van der Waals surface area contributed by atoms with Crippen LogP contribution in [0, 0.1) is 6.92 Å². The molecule has 0 aliphatic rings. The molecule has 0 bridgehead atoms. The van der Waals surface area contributed by atoms with Crippen LogP contribution in [0.5, 0.6) is 5.75 Å². The summed E-state index contributed by atoms with van der Waals surface area (Å²) in [6.45, 7) is 4.00. The number of thiophene rings is 1. The molecule has 4 aromatic rings. The maximum Gasteiger partial charge on any atom is 0.266 e. The van der Waals surface area contributed by atoms with Gasteiger partial charge in [0, 0.05) is 22.4 Å². The summed E-state index contributed by atoms with van der Waals surface area (Å²) < 4.78 is 6.45. The summed E-state index contributed by atoms with van der Waals surface area (Å²) in [6.07, 6.45) is 0. The Morgan fingerprint density at radius 3 is 2.63 bits per heavy atom. The molecule has 1 atom stereocenters. The van der Waals surface area contributed by atoms with Gasteiger partial charge in [0.25, 0.3) is 5.56 Å². The van der Waals surface area contributed by atoms with Gasteiger partial charge in [0.05, 0.1) is 12.6 Å². The lowest BCUT2D eigenvalue weighted by Crippen LogP contribution is -2.25. The Kier molecular flexibility index (Phi) is 4.47. The first-order valence-electron chi connectivity index (χ1n) is 8.72. The monoisotopic (exact) mass is 379 g/mol. The van der Waals surface area contributed by atoms with Crippen molar-refractivity contribution in [3.05, 3.63) is 63.3 Å². The fraction of sp³-hybridized carbons (Fsp3) is 0.190. The van der Waals surface area contributed by atoms with E-state index in [-0.39, 0.29) is 11.6 Å². The number of benzene rings is 2.